The third-order valence-electron chi connectivity index (χ3n) is 3.35. The van der Waals surface area contributed by atoms with E-state index in [1.807, 2.05) is 23.5 Å². The van der Waals surface area contributed by atoms with E-state index in [-0.39, 0.29) is 17.3 Å². The highest BCUT2D eigenvalue weighted by atomic mass is 32.1. The predicted octanol–water partition coefficient (Wildman–Crippen LogP) is 5.04. The van der Waals surface area contributed by atoms with Gasteiger partial charge in [-0.25, -0.2) is 4.39 Å². The van der Waals surface area contributed by atoms with E-state index >= 15 is 0 Å². The van der Waals surface area contributed by atoms with Gasteiger partial charge in [0.15, 0.2) is 0 Å². The van der Waals surface area contributed by atoms with Crippen LogP contribution >= 0.6 is 11.3 Å². The molecule has 20 heavy (non-hydrogen) atoms. The van der Waals surface area contributed by atoms with Crippen molar-refractivity contribution in [3.05, 3.63) is 57.5 Å². The Labute approximate surface area is 124 Å². The van der Waals surface area contributed by atoms with E-state index < -0.39 is 0 Å². The summed E-state index contributed by atoms with van der Waals surface area (Å²) in [5, 5.41) is 3.49. The number of rotatable bonds is 4. The average Bonchev–Trinajstić information content (AvgIpc) is 2.85. The molecule has 2 aromatic rings. The van der Waals surface area contributed by atoms with Crippen molar-refractivity contribution in [3.8, 4) is 0 Å². The molecule has 3 heteroatoms. The van der Waals surface area contributed by atoms with Crippen LogP contribution in [0.3, 0.4) is 0 Å². The van der Waals surface area contributed by atoms with Gasteiger partial charge in [0.25, 0.3) is 0 Å². The Morgan fingerprint density at radius 3 is 2.30 bits per heavy atom. The summed E-state index contributed by atoms with van der Waals surface area (Å²) in [7, 11) is 0. The number of hydrogen-bond acceptors (Lipinski definition) is 2. The molecule has 108 valence electrons. The Hall–Kier alpha value is -1.19. The number of nitrogens with one attached hydrogen (secondary N) is 1. The first-order valence-electron chi connectivity index (χ1n) is 6.94. The average molecular weight is 291 g/mol. The normalized spacial score (nSPS) is 13.4. The van der Waals surface area contributed by atoms with Gasteiger partial charge in [0.05, 0.1) is 0 Å². The van der Waals surface area contributed by atoms with E-state index in [0.29, 0.717) is 0 Å². The SMILES string of the molecule is C[C@@H](NCc1ccc(C(C)(C)C)s1)c1ccc(F)cc1. The van der Waals surface area contributed by atoms with Crippen LogP contribution in [0.1, 0.15) is 49.1 Å². The quantitative estimate of drug-likeness (QED) is 0.832. The van der Waals surface area contributed by atoms with Crippen LogP contribution < -0.4 is 5.32 Å². The first-order chi connectivity index (χ1) is 9.36. The van der Waals surface area contributed by atoms with Crippen LogP contribution in [0.15, 0.2) is 36.4 Å². The summed E-state index contributed by atoms with van der Waals surface area (Å²) >= 11 is 1.86. The van der Waals surface area contributed by atoms with E-state index in [2.05, 4.69) is 45.1 Å². The molecule has 1 nitrogen and oxygen atoms in total. The summed E-state index contributed by atoms with van der Waals surface area (Å²) in [6.07, 6.45) is 0. The van der Waals surface area contributed by atoms with Crippen molar-refractivity contribution >= 4 is 11.3 Å². The molecule has 1 N–H and O–H groups in total. The summed E-state index contributed by atoms with van der Waals surface area (Å²) in [4.78, 5) is 2.74. The number of halogens is 1. The molecule has 1 atom stereocenters. The summed E-state index contributed by atoms with van der Waals surface area (Å²) in [5.41, 5.74) is 1.32. The Kier molecular flexibility index (Phi) is 4.61. The molecule has 1 aromatic carbocycles. The lowest BCUT2D eigenvalue weighted by Crippen LogP contribution is -2.17. The van der Waals surface area contributed by atoms with Crippen LogP contribution in [-0.2, 0) is 12.0 Å². The van der Waals surface area contributed by atoms with Crippen molar-refractivity contribution in [2.45, 2.75) is 45.7 Å². The zero-order valence-corrected chi connectivity index (χ0v) is 13.4. The minimum absolute atomic E-state index is 0.186. The zero-order chi connectivity index (χ0) is 14.8. The van der Waals surface area contributed by atoms with Gasteiger partial charge in [-0.2, -0.15) is 0 Å². The molecule has 0 radical (unpaired) electrons. The largest absolute Gasteiger partial charge is 0.305 e. The van der Waals surface area contributed by atoms with Gasteiger partial charge in [0.2, 0.25) is 0 Å². The molecule has 0 unspecified atom stereocenters. The van der Waals surface area contributed by atoms with E-state index in [4.69, 9.17) is 0 Å². The molecule has 0 saturated carbocycles. The van der Waals surface area contributed by atoms with Gasteiger partial charge in [-0.1, -0.05) is 32.9 Å². The predicted molar refractivity (Wildman–Crippen MR) is 84.7 cm³/mol. The number of thiophene rings is 1. The van der Waals surface area contributed by atoms with Crippen molar-refractivity contribution in [2.24, 2.45) is 0 Å². The molecule has 1 aromatic heterocycles. The highest BCUT2D eigenvalue weighted by Crippen LogP contribution is 2.29. The Morgan fingerprint density at radius 1 is 1.10 bits per heavy atom. The maximum atomic E-state index is 12.9. The molecule has 0 amide bonds. The summed E-state index contributed by atoms with van der Waals surface area (Å²) in [5.74, 6) is -0.186. The van der Waals surface area contributed by atoms with Gasteiger partial charge in [0.1, 0.15) is 5.82 Å². The van der Waals surface area contributed by atoms with Crippen LogP contribution in [0, 0.1) is 5.82 Å². The van der Waals surface area contributed by atoms with Crippen LogP contribution in [-0.4, -0.2) is 0 Å². The van der Waals surface area contributed by atoms with Crippen molar-refractivity contribution in [2.75, 3.05) is 0 Å². The second-order valence-electron chi connectivity index (χ2n) is 6.17. The first kappa shape index (κ1) is 15.2. The highest BCUT2D eigenvalue weighted by Gasteiger charge is 2.16. The minimum Gasteiger partial charge on any atom is -0.305 e. The van der Waals surface area contributed by atoms with Crippen molar-refractivity contribution < 1.29 is 4.39 Å². The maximum Gasteiger partial charge on any atom is 0.123 e. The lowest BCUT2D eigenvalue weighted by Gasteiger charge is -2.16. The van der Waals surface area contributed by atoms with Gasteiger partial charge in [0, 0.05) is 22.3 Å². The molecule has 0 fully saturated rings. The molecule has 2 rings (SSSR count). The molecule has 0 saturated heterocycles. The lowest BCUT2D eigenvalue weighted by molar-refractivity contribution is 0.575. The van der Waals surface area contributed by atoms with Crippen LogP contribution in [0.5, 0.6) is 0 Å². The Balaban J connectivity index is 1.95. The molecule has 1 heterocycles. The fourth-order valence-electron chi connectivity index (χ4n) is 2.00. The van der Waals surface area contributed by atoms with Crippen molar-refractivity contribution in [3.63, 3.8) is 0 Å². The van der Waals surface area contributed by atoms with Gasteiger partial charge < -0.3 is 5.32 Å². The fourth-order valence-corrected chi connectivity index (χ4v) is 3.02. The highest BCUT2D eigenvalue weighted by molar-refractivity contribution is 7.12. The molecule has 0 aliphatic carbocycles. The van der Waals surface area contributed by atoms with Crippen LogP contribution in [0.4, 0.5) is 4.39 Å². The number of benzene rings is 1. The monoisotopic (exact) mass is 291 g/mol. The smallest absolute Gasteiger partial charge is 0.123 e. The zero-order valence-electron chi connectivity index (χ0n) is 12.5. The maximum absolute atomic E-state index is 12.9. The molecule has 0 aliphatic heterocycles. The second-order valence-corrected chi connectivity index (χ2v) is 7.34. The van der Waals surface area contributed by atoms with Gasteiger partial charge in [-0.3, -0.25) is 0 Å². The minimum atomic E-state index is -0.186. The summed E-state index contributed by atoms with van der Waals surface area (Å²) in [6.45, 7) is 9.65. The second kappa shape index (κ2) is 6.06. The molecule has 0 aliphatic rings. The fraction of sp³-hybridized carbons (Fsp3) is 0.412. The first-order valence-corrected chi connectivity index (χ1v) is 7.76. The lowest BCUT2D eigenvalue weighted by atomic mass is 9.95. The van der Waals surface area contributed by atoms with Gasteiger partial charge in [-0.15, -0.1) is 11.3 Å². The third kappa shape index (κ3) is 3.90. The van der Waals surface area contributed by atoms with E-state index in [1.165, 1.54) is 21.9 Å². The standard InChI is InChI=1S/C17H22FNS/c1-12(13-5-7-14(18)8-6-13)19-11-15-9-10-16(20-15)17(2,3)4/h5-10,12,19H,11H2,1-4H3/t12-/m1/s1. The molecule has 0 spiro atoms. The summed E-state index contributed by atoms with van der Waals surface area (Å²) in [6, 6.07) is 11.3. The van der Waals surface area contributed by atoms with Gasteiger partial charge >= 0.3 is 0 Å². The Morgan fingerprint density at radius 2 is 1.75 bits per heavy atom. The molecule has 0 bridgehead atoms. The molecular weight excluding hydrogens is 269 g/mol. The van der Waals surface area contributed by atoms with Crippen molar-refractivity contribution in [1.29, 1.82) is 0 Å². The van der Waals surface area contributed by atoms with Crippen LogP contribution in [0.2, 0.25) is 0 Å². The molecular formula is C17H22FNS. The van der Waals surface area contributed by atoms with Crippen LogP contribution in [0.25, 0.3) is 0 Å². The van der Waals surface area contributed by atoms with E-state index in [1.54, 1.807) is 0 Å². The Bertz CT molecular complexity index is 551. The van der Waals surface area contributed by atoms with E-state index in [0.717, 1.165) is 12.1 Å². The van der Waals surface area contributed by atoms with Gasteiger partial charge in [-0.05, 0) is 42.2 Å². The topological polar surface area (TPSA) is 12.0 Å². The van der Waals surface area contributed by atoms with Crippen molar-refractivity contribution in [1.82, 2.24) is 5.32 Å². The summed E-state index contributed by atoms with van der Waals surface area (Å²) < 4.78 is 12.9. The van der Waals surface area contributed by atoms with E-state index in [9.17, 15) is 4.39 Å². The number of hydrogen-bond donors (Lipinski definition) is 1. The third-order valence-corrected chi connectivity index (χ3v) is 4.86.